The van der Waals surface area contributed by atoms with Crippen LogP contribution >= 0.6 is 0 Å². The Kier molecular flexibility index (Phi) is 4.50. The van der Waals surface area contributed by atoms with Crippen molar-refractivity contribution in [2.75, 3.05) is 18.5 Å². The van der Waals surface area contributed by atoms with Crippen LogP contribution in [0.15, 0.2) is 6.20 Å². The fraction of sp³-hybridized carbons (Fsp3) is 0.333. The summed E-state index contributed by atoms with van der Waals surface area (Å²) < 4.78 is 4.62. The maximum Gasteiger partial charge on any atom is 0.325 e. The Morgan fingerprint density at radius 1 is 1.65 bits per heavy atom. The lowest BCUT2D eigenvalue weighted by Crippen LogP contribution is -2.34. The SMILES string of the molecule is CCOC(=O)CNC(=O)Nc1[nH]ncc1C#N. The van der Waals surface area contributed by atoms with Crippen LogP contribution in [0.2, 0.25) is 0 Å². The quantitative estimate of drug-likeness (QED) is 0.635. The van der Waals surface area contributed by atoms with E-state index in [0.29, 0.717) is 0 Å². The minimum atomic E-state index is -0.626. The smallest absolute Gasteiger partial charge is 0.325 e. The molecular weight excluding hydrogens is 226 g/mol. The number of rotatable bonds is 4. The standard InChI is InChI=1S/C9H11N5O3/c1-2-17-7(15)5-11-9(16)13-8-6(3-10)4-12-14-8/h4H,2,5H2,1H3,(H3,11,12,13,14,16). The van der Waals surface area contributed by atoms with E-state index >= 15 is 0 Å². The molecule has 0 aliphatic rings. The van der Waals surface area contributed by atoms with Gasteiger partial charge in [0.25, 0.3) is 0 Å². The molecule has 0 atom stereocenters. The van der Waals surface area contributed by atoms with Crippen molar-refractivity contribution in [3.05, 3.63) is 11.8 Å². The van der Waals surface area contributed by atoms with Crippen LogP contribution in [0.3, 0.4) is 0 Å². The third-order valence-corrected chi connectivity index (χ3v) is 1.70. The summed E-state index contributed by atoms with van der Waals surface area (Å²) in [5.41, 5.74) is 0.205. The number of nitrogens with zero attached hydrogens (tertiary/aromatic N) is 2. The lowest BCUT2D eigenvalue weighted by atomic mass is 10.4. The summed E-state index contributed by atoms with van der Waals surface area (Å²) in [4.78, 5) is 22.2. The number of anilines is 1. The van der Waals surface area contributed by atoms with Crippen molar-refractivity contribution in [3.8, 4) is 6.07 Å². The molecule has 0 radical (unpaired) electrons. The molecule has 0 unspecified atom stereocenters. The second-order valence-corrected chi connectivity index (χ2v) is 2.88. The average molecular weight is 237 g/mol. The molecule has 0 spiro atoms. The third kappa shape index (κ3) is 3.83. The van der Waals surface area contributed by atoms with Gasteiger partial charge in [0.2, 0.25) is 0 Å². The van der Waals surface area contributed by atoms with Gasteiger partial charge in [-0.05, 0) is 6.92 Å². The van der Waals surface area contributed by atoms with Crippen LogP contribution in [0, 0.1) is 11.3 Å². The van der Waals surface area contributed by atoms with Crippen LogP contribution in [0.5, 0.6) is 0 Å². The van der Waals surface area contributed by atoms with Gasteiger partial charge >= 0.3 is 12.0 Å². The first-order chi connectivity index (χ1) is 8.17. The van der Waals surface area contributed by atoms with Crippen LogP contribution < -0.4 is 10.6 Å². The van der Waals surface area contributed by atoms with Crippen molar-refractivity contribution in [3.63, 3.8) is 0 Å². The van der Waals surface area contributed by atoms with E-state index < -0.39 is 12.0 Å². The van der Waals surface area contributed by atoms with Crippen molar-refractivity contribution < 1.29 is 14.3 Å². The van der Waals surface area contributed by atoms with Gasteiger partial charge in [0.05, 0.1) is 12.8 Å². The van der Waals surface area contributed by atoms with Gasteiger partial charge in [-0.15, -0.1) is 0 Å². The maximum absolute atomic E-state index is 11.3. The van der Waals surface area contributed by atoms with Gasteiger partial charge < -0.3 is 10.1 Å². The van der Waals surface area contributed by atoms with Crippen molar-refractivity contribution in [1.82, 2.24) is 15.5 Å². The summed E-state index contributed by atoms with van der Waals surface area (Å²) in [5, 5.41) is 19.3. The third-order valence-electron chi connectivity index (χ3n) is 1.70. The highest BCUT2D eigenvalue weighted by Crippen LogP contribution is 2.07. The zero-order valence-electron chi connectivity index (χ0n) is 9.11. The molecule has 0 bridgehead atoms. The molecule has 2 amide bonds. The van der Waals surface area contributed by atoms with Crippen molar-refractivity contribution >= 4 is 17.8 Å². The maximum atomic E-state index is 11.3. The molecule has 3 N–H and O–H groups in total. The number of urea groups is 1. The number of H-pyrrole nitrogens is 1. The Morgan fingerprint density at radius 3 is 3.06 bits per heavy atom. The van der Waals surface area contributed by atoms with Gasteiger partial charge in [-0.25, -0.2) is 4.79 Å². The summed E-state index contributed by atoms with van der Waals surface area (Å²) in [7, 11) is 0. The number of hydrogen-bond donors (Lipinski definition) is 3. The molecule has 1 aromatic heterocycles. The van der Waals surface area contributed by atoms with Gasteiger partial charge in [0.15, 0.2) is 0 Å². The molecule has 0 aliphatic carbocycles. The minimum absolute atomic E-state index is 0.175. The fourth-order valence-electron chi connectivity index (χ4n) is 0.988. The molecule has 8 heteroatoms. The Hall–Kier alpha value is -2.56. The molecule has 17 heavy (non-hydrogen) atoms. The van der Waals surface area contributed by atoms with E-state index in [4.69, 9.17) is 5.26 Å². The molecular formula is C9H11N5O3. The summed E-state index contributed by atoms with van der Waals surface area (Å²) in [6, 6.07) is 1.21. The molecule has 1 aromatic rings. The molecule has 8 nitrogen and oxygen atoms in total. The molecule has 0 saturated carbocycles. The number of esters is 1. The molecule has 0 aliphatic heterocycles. The fourth-order valence-corrected chi connectivity index (χ4v) is 0.988. The van der Waals surface area contributed by atoms with Crippen LogP contribution in [0.4, 0.5) is 10.6 Å². The number of ether oxygens (including phenoxy) is 1. The van der Waals surface area contributed by atoms with E-state index in [1.165, 1.54) is 6.20 Å². The highest BCUT2D eigenvalue weighted by Gasteiger charge is 2.09. The van der Waals surface area contributed by atoms with E-state index in [0.717, 1.165) is 0 Å². The molecule has 0 saturated heterocycles. The number of amides is 2. The van der Waals surface area contributed by atoms with Crippen LogP contribution in [0.25, 0.3) is 0 Å². The molecule has 90 valence electrons. The highest BCUT2D eigenvalue weighted by atomic mass is 16.5. The second kappa shape index (κ2) is 6.12. The van der Waals surface area contributed by atoms with Gasteiger partial charge in [-0.2, -0.15) is 10.4 Å². The van der Waals surface area contributed by atoms with Crippen molar-refractivity contribution in [2.45, 2.75) is 6.92 Å². The first kappa shape index (κ1) is 12.5. The van der Waals surface area contributed by atoms with Gasteiger partial charge in [0.1, 0.15) is 24.0 Å². The molecule has 1 heterocycles. The Bertz CT molecular complexity index is 448. The number of aromatic amines is 1. The first-order valence-corrected chi connectivity index (χ1v) is 4.81. The van der Waals surface area contributed by atoms with E-state index in [-0.39, 0.29) is 24.5 Å². The lowest BCUT2D eigenvalue weighted by Gasteiger charge is -2.05. The van der Waals surface area contributed by atoms with Gasteiger partial charge in [0, 0.05) is 0 Å². The van der Waals surface area contributed by atoms with E-state index in [1.807, 2.05) is 6.07 Å². The topological polar surface area (TPSA) is 120 Å². The van der Waals surface area contributed by atoms with E-state index in [1.54, 1.807) is 6.92 Å². The zero-order valence-corrected chi connectivity index (χ0v) is 9.11. The number of carbonyl (C=O) groups is 2. The Labute approximate surface area is 96.9 Å². The summed E-state index contributed by atoms with van der Waals surface area (Å²) in [5.74, 6) is -0.360. The first-order valence-electron chi connectivity index (χ1n) is 4.81. The predicted octanol–water partition coefficient (Wildman–Crippen LogP) is -0.0340. The number of nitrogens with one attached hydrogen (secondary N) is 3. The number of aromatic nitrogens is 2. The highest BCUT2D eigenvalue weighted by molar-refractivity contribution is 5.91. The minimum Gasteiger partial charge on any atom is -0.465 e. The van der Waals surface area contributed by atoms with Crippen molar-refractivity contribution in [1.29, 1.82) is 5.26 Å². The van der Waals surface area contributed by atoms with Crippen molar-refractivity contribution in [2.24, 2.45) is 0 Å². The second-order valence-electron chi connectivity index (χ2n) is 2.88. The molecule has 0 aromatic carbocycles. The summed E-state index contributed by atoms with van der Waals surface area (Å²) >= 11 is 0. The number of nitriles is 1. The van der Waals surface area contributed by atoms with Crippen LogP contribution in [0.1, 0.15) is 12.5 Å². The van der Waals surface area contributed by atoms with Gasteiger partial charge in [-0.1, -0.05) is 0 Å². The Morgan fingerprint density at radius 2 is 2.41 bits per heavy atom. The monoisotopic (exact) mass is 237 g/mol. The molecule has 1 rings (SSSR count). The van der Waals surface area contributed by atoms with E-state index in [9.17, 15) is 9.59 Å². The number of carbonyl (C=O) groups excluding carboxylic acids is 2. The van der Waals surface area contributed by atoms with E-state index in [2.05, 4.69) is 25.6 Å². The summed E-state index contributed by atoms with van der Waals surface area (Å²) in [6.45, 7) is 1.68. The lowest BCUT2D eigenvalue weighted by molar-refractivity contribution is -0.141. The predicted molar refractivity (Wildman–Crippen MR) is 57.0 cm³/mol. The summed E-state index contributed by atoms with van der Waals surface area (Å²) in [6.07, 6.45) is 1.28. The number of hydrogen-bond acceptors (Lipinski definition) is 5. The average Bonchev–Trinajstić information content (AvgIpc) is 2.74. The Balaban J connectivity index is 2.40. The largest absolute Gasteiger partial charge is 0.465 e. The zero-order chi connectivity index (χ0) is 12.7. The van der Waals surface area contributed by atoms with Crippen LogP contribution in [-0.2, 0) is 9.53 Å². The van der Waals surface area contributed by atoms with Gasteiger partial charge in [-0.3, -0.25) is 15.2 Å². The molecule has 0 fully saturated rings. The van der Waals surface area contributed by atoms with Crippen LogP contribution in [-0.4, -0.2) is 35.3 Å². The normalized spacial score (nSPS) is 9.18.